The van der Waals surface area contributed by atoms with Crippen LogP contribution in [0.3, 0.4) is 0 Å². The number of alkyl halides is 1. The van der Waals surface area contributed by atoms with Crippen molar-refractivity contribution in [2.24, 2.45) is 0 Å². The Kier molecular flexibility index (Phi) is 5.01. The Balaban J connectivity index is 3.11. The molecule has 3 nitrogen and oxygen atoms in total. The van der Waals surface area contributed by atoms with Crippen LogP contribution in [0.4, 0.5) is 0 Å². The number of hydrogen-bond donors (Lipinski definition) is 0. The molecule has 1 N–H and O–H groups in total. The molecule has 106 valence electrons. The molecule has 1 aromatic rings. The molecule has 0 aliphatic carbocycles. The lowest BCUT2D eigenvalue weighted by atomic mass is 9.83. The first-order valence-electron chi connectivity index (χ1n) is 6.31. The lowest BCUT2D eigenvalue weighted by Crippen LogP contribution is -2.33. The molecule has 0 aliphatic rings. The zero-order valence-electron chi connectivity index (χ0n) is 12.1. The highest BCUT2D eigenvalue weighted by Crippen LogP contribution is 2.34. The van der Waals surface area contributed by atoms with Gasteiger partial charge < -0.3 is 10.5 Å². The molecule has 0 aliphatic heterocycles. The summed E-state index contributed by atoms with van der Waals surface area (Å²) in [5, 5.41) is 0. The van der Waals surface area contributed by atoms with Crippen LogP contribution in [0.5, 0.6) is 0 Å². The number of benzene rings is 1. The molecule has 0 bridgehead atoms. The third kappa shape index (κ3) is 4.18. The van der Waals surface area contributed by atoms with Crippen molar-refractivity contribution in [2.45, 2.75) is 49.7 Å². The standard InChI is InChI=1S/C15H21INO2/c1-10(2)19-13(18)14(3,4)11-7-6-8-12(9-11)15(5,16)17/h6-10,17H,1-5H3/q-1/t15-/m0/s1. The highest BCUT2D eigenvalue weighted by molar-refractivity contribution is 14.1. The zero-order valence-corrected chi connectivity index (χ0v) is 14.2. The molecule has 1 aromatic carbocycles. The minimum atomic E-state index is -0.706. The van der Waals surface area contributed by atoms with Gasteiger partial charge >= 0.3 is 5.97 Å². The average molecular weight is 374 g/mol. The van der Waals surface area contributed by atoms with Crippen LogP contribution in [-0.4, -0.2) is 12.1 Å². The molecule has 0 aromatic heterocycles. The van der Waals surface area contributed by atoms with E-state index in [0.717, 1.165) is 11.1 Å². The second-order valence-corrected chi connectivity index (χ2v) is 7.82. The van der Waals surface area contributed by atoms with Gasteiger partial charge in [0.25, 0.3) is 0 Å². The Morgan fingerprint density at radius 2 is 1.79 bits per heavy atom. The Bertz CT molecular complexity index is 461. The van der Waals surface area contributed by atoms with E-state index in [2.05, 4.69) is 22.6 Å². The molecule has 4 heteroatoms. The molecule has 1 rings (SSSR count). The van der Waals surface area contributed by atoms with E-state index in [-0.39, 0.29) is 12.1 Å². The van der Waals surface area contributed by atoms with Crippen molar-refractivity contribution in [3.63, 3.8) is 0 Å². The fourth-order valence-electron chi connectivity index (χ4n) is 1.68. The topological polar surface area (TPSA) is 50.1 Å². The molecular weight excluding hydrogens is 353 g/mol. The number of ether oxygens (including phenoxy) is 1. The van der Waals surface area contributed by atoms with Gasteiger partial charge in [-0.15, -0.1) is 0 Å². The molecule has 0 amide bonds. The third-order valence-electron chi connectivity index (χ3n) is 2.98. The van der Waals surface area contributed by atoms with Gasteiger partial charge in [-0.3, -0.25) is 4.79 Å². The van der Waals surface area contributed by atoms with E-state index in [1.165, 1.54) is 0 Å². The SMILES string of the molecule is CC(C)OC(=O)C(C)(C)c1cccc([C@](C)([NH-])I)c1. The van der Waals surface area contributed by atoms with Gasteiger partial charge in [-0.1, -0.05) is 59.3 Å². The van der Waals surface area contributed by atoms with Crippen molar-refractivity contribution >= 4 is 28.6 Å². The summed E-state index contributed by atoms with van der Waals surface area (Å²) < 4.78 is 4.60. The number of esters is 1. The maximum Gasteiger partial charge on any atom is 0.316 e. The first-order chi connectivity index (χ1) is 8.55. The van der Waals surface area contributed by atoms with Crippen LogP contribution in [0.1, 0.15) is 45.7 Å². The largest absolute Gasteiger partial charge is 0.660 e. The van der Waals surface area contributed by atoms with E-state index in [0.29, 0.717) is 0 Å². The summed E-state index contributed by atoms with van der Waals surface area (Å²) in [5.74, 6) is -0.236. The molecule has 0 spiro atoms. The fourth-order valence-corrected chi connectivity index (χ4v) is 2.01. The van der Waals surface area contributed by atoms with Gasteiger partial charge in [0, 0.05) is 0 Å². The van der Waals surface area contributed by atoms with Crippen LogP contribution in [0.2, 0.25) is 0 Å². The van der Waals surface area contributed by atoms with Crippen LogP contribution in [0.25, 0.3) is 5.73 Å². The number of hydrogen-bond acceptors (Lipinski definition) is 2. The van der Waals surface area contributed by atoms with Gasteiger partial charge in [0.15, 0.2) is 0 Å². The molecule has 1 atom stereocenters. The van der Waals surface area contributed by atoms with E-state index < -0.39 is 8.96 Å². The number of carbonyl (C=O) groups is 1. The monoisotopic (exact) mass is 374 g/mol. The Labute approximate surface area is 129 Å². The summed E-state index contributed by atoms with van der Waals surface area (Å²) in [6, 6.07) is 7.63. The van der Waals surface area contributed by atoms with Gasteiger partial charge in [0.05, 0.1) is 11.5 Å². The fraction of sp³-hybridized carbons (Fsp3) is 0.533. The number of carbonyl (C=O) groups excluding carboxylic acids is 1. The summed E-state index contributed by atoms with van der Waals surface area (Å²) in [6.07, 6.45) is -0.124. The summed E-state index contributed by atoms with van der Waals surface area (Å²) >= 11 is 2.08. The highest BCUT2D eigenvalue weighted by atomic mass is 127. The van der Waals surface area contributed by atoms with E-state index >= 15 is 0 Å². The molecule has 0 unspecified atom stereocenters. The van der Waals surface area contributed by atoms with Crippen LogP contribution >= 0.6 is 22.6 Å². The second-order valence-electron chi connectivity index (χ2n) is 5.66. The van der Waals surface area contributed by atoms with Crippen molar-refractivity contribution in [3.8, 4) is 0 Å². The van der Waals surface area contributed by atoms with Gasteiger partial charge in [-0.05, 0) is 36.8 Å². The summed E-state index contributed by atoms with van der Waals surface area (Å²) in [5.41, 5.74) is 9.12. The Morgan fingerprint density at radius 1 is 1.26 bits per heavy atom. The van der Waals surface area contributed by atoms with Crippen molar-refractivity contribution in [1.29, 1.82) is 0 Å². The van der Waals surface area contributed by atoms with E-state index in [1.54, 1.807) is 0 Å². The number of rotatable bonds is 4. The second kappa shape index (κ2) is 5.79. The quantitative estimate of drug-likeness (QED) is 0.335. The van der Waals surface area contributed by atoms with Crippen molar-refractivity contribution in [3.05, 3.63) is 41.1 Å². The molecule has 0 heterocycles. The summed E-state index contributed by atoms with van der Waals surface area (Å²) in [4.78, 5) is 12.2. The first-order valence-corrected chi connectivity index (χ1v) is 7.39. The lowest BCUT2D eigenvalue weighted by molar-refractivity contribution is -0.153. The normalized spacial score (nSPS) is 15.2. The van der Waals surface area contributed by atoms with Crippen LogP contribution in [0.15, 0.2) is 24.3 Å². The van der Waals surface area contributed by atoms with E-state index in [4.69, 9.17) is 10.5 Å². The molecule has 19 heavy (non-hydrogen) atoms. The van der Waals surface area contributed by atoms with Crippen molar-refractivity contribution < 1.29 is 9.53 Å². The highest BCUT2D eigenvalue weighted by Gasteiger charge is 2.32. The summed E-state index contributed by atoms with van der Waals surface area (Å²) in [7, 11) is 0. The van der Waals surface area contributed by atoms with Crippen LogP contribution in [0, 0.1) is 0 Å². The predicted octanol–water partition coefficient (Wildman–Crippen LogP) is 4.58. The smallest absolute Gasteiger partial charge is 0.316 e. The lowest BCUT2D eigenvalue weighted by Gasteiger charge is -2.30. The van der Waals surface area contributed by atoms with Gasteiger partial charge in [0.2, 0.25) is 0 Å². The van der Waals surface area contributed by atoms with Crippen molar-refractivity contribution in [1.82, 2.24) is 0 Å². The van der Waals surface area contributed by atoms with Crippen molar-refractivity contribution in [2.75, 3.05) is 0 Å². The number of nitrogens with one attached hydrogen (secondary N) is 1. The third-order valence-corrected chi connectivity index (χ3v) is 3.60. The molecular formula is C15H21INO2-. The minimum Gasteiger partial charge on any atom is -0.660 e. The maximum atomic E-state index is 12.2. The molecule has 0 saturated carbocycles. The first kappa shape index (κ1) is 16.4. The maximum absolute atomic E-state index is 12.2. The Morgan fingerprint density at radius 3 is 2.26 bits per heavy atom. The summed E-state index contributed by atoms with van der Waals surface area (Å²) in [6.45, 7) is 9.22. The van der Waals surface area contributed by atoms with Crippen LogP contribution in [-0.2, 0) is 18.5 Å². The van der Waals surface area contributed by atoms with E-state index in [1.807, 2.05) is 58.9 Å². The predicted molar refractivity (Wildman–Crippen MR) is 86.4 cm³/mol. The molecule has 0 radical (unpaired) electrons. The average Bonchev–Trinajstić information content (AvgIpc) is 2.27. The molecule has 0 saturated heterocycles. The van der Waals surface area contributed by atoms with E-state index in [9.17, 15) is 4.79 Å². The Hall–Kier alpha value is -0.620. The minimum absolute atomic E-state index is 0.124. The number of halogens is 1. The molecule has 0 fully saturated rings. The van der Waals surface area contributed by atoms with Crippen LogP contribution < -0.4 is 0 Å². The van der Waals surface area contributed by atoms with Gasteiger partial charge in [-0.25, -0.2) is 0 Å². The van der Waals surface area contributed by atoms with Gasteiger partial charge in [0.1, 0.15) is 0 Å². The zero-order chi connectivity index (χ0) is 14.8. The van der Waals surface area contributed by atoms with Gasteiger partial charge in [-0.2, -0.15) is 0 Å².